The number of carbonyl (C=O) groups is 1. The molecule has 0 atom stereocenters. The third kappa shape index (κ3) is 5.43. The first kappa shape index (κ1) is 19.6. The molecule has 144 valence electrons. The van der Waals surface area contributed by atoms with Gasteiger partial charge in [-0.05, 0) is 37.6 Å². The van der Waals surface area contributed by atoms with Gasteiger partial charge >= 0.3 is 0 Å². The highest BCUT2D eigenvalue weighted by molar-refractivity contribution is 7.99. The number of non-ortho nitro benzene ring substituents is 1. The SMILES string of the molecule is Cc1ccc(Sc2cc(NC(=O)CCn3cc(C)cn3)cc([N+](=O)[O-])c2)cc1. The summed E-state index contributed by atoms with van der Waals surface area (Å²) < 4.78 is 1.70. The van der Waals surface area contributed by atoms with Crippen molar-refractivity contribution in [2.45, 2.75) is 36.6 Å². The lowest BCUT2D eigenvalue weighted by atomic mass is 10.2. The fraction of sp³-hybridized carbons (Fsp3) is 0.200. The predicted octanol–water partition coefficient (Wildman–Crippen LogP) is 4.59. The second kappa shape index (κ2) is 8.71. The summed E-state index contributed by atoms with van der Waals surface area (Å²) in [5, 5.41) is 18.2. The van der Waals surface area contributed by atoms with E-state index < -0.39 is 4.92 Å². The smallest absolute Gasteiger partial charge is 0.272 e. The van der Waals surface area contributed by atoms with Crippen LogP contribution in [0, 0.1) is 24.0 Å². The zero-order chi connectivity index (χ0) is 20.1. The van der Waals surface area contributed by atoms with Gasteiger partial charge in [0, 0.05) is 46.8 Å². The molecule has 0 radical (unpaired) electrons. The molecule has 1 aromatic heterocycles. The first-order valence-electron chi connectivity index (χ1n) is 8.72. The molecule has 0 aliphatic rings. The summed E-state index contributed by atoms with van der Waals surface area (Å²) in [6.07, 6.45) is 3.81. The third-order valence-electron chi connectivity index (χ3n) is 3.97. The zero-order valence-electron chi connectivity index (χ0n) is 15.6. The molecule has 1 heterocycles. The number of hydrogen-bond donors (Lipinski definition) is 1. The van der Waals surface area contributed by atoms with E-state index in [1.54, 1.807) is 16.9 Å². The van der Waals surface area contributed by atoms with Crippen molar-refractivity contribution < 1.29 is 9.72 Å². The number of nitrogens with one attached hydrogen (secondary N) is 1. The Morgan fingerprint density at radius 3 is 2.54 bits per heavy atom. The van der Waals surface area contributed by atoms with Crippen LogP contribution in [-0.4, -0.2) is 20.6 Å². The highest BCUT2D eigenvalue weighted by Gasteiger charge is 2.13. The molecule has 0 unspecified atom stereocenters. The van der Waals surface area contributed by atoms with Gasteiger partial charge in [0.2, 0.25) is 5.91 Å². The minimum atomic E-state index is -0.457. The first-order chi connectivity index (χ1) is 13.4. The van der Waals surface area contributed by atoms with Crippen LogP contribution in [0.2, 0.25) is 0 Å². The van der Waals surface area contributed by atoms with E-state index in [-0.39, 0.29) is 18.0 Å². The number of aromatic nitrogens is 2. The van der Waals surface area contributed by atoms with Crippen LogP contribution in [0.5, 0.6) is 0 Å². The number of nitrogens with zero attached hydrogens (tertiary/aromatic N) is 3. The maximum Gasteiger partial charge on any atom is 0.272 e. The Morgan fingerprint density at radius 2 is 1.89 bits per heavy atom. The summed E-state index contributed by atoms with van der Waals surface area (Å²) in [5.74, 6) is -0.222. The van der Waals surface area contributed by atoms with Crippen LogP contribution in [0.1, 0.15) is 17.5 Å². The van der Waals surface area contributed by atoms with Gasteiger partial charge in [0.25, 0.3) is 5.69 Å². The van der Waals surface area contributed by atoms with Crippen molar-refractivity contribution in [2.24, 2.45) is 0 Å². The molecule has 0 aliphatic heterocycles. The number of amides is 1. The van der Waals surface area contributed by atoms with Gasteiger partial charge in [0.15, 0.2) is 0 Å². The quantitative estimate of drug-likeness (QED) is 0.466. The average molecular weight is 396 g/mol. The Kier molecular flexibility index (Phi) is 6.10. The topological polar surface area (TPSA) is 90.1 Å². The predicted molar refractivity (Wildman–Crippen MR) is 109 cm³/mol. The highest BCUT2D eigenvalue weighted by atomic mass is 32.2. The minimum Gasteiger partial charge on any atom is -0.326 e. The zero-order valence-corrected chi connectivity index (χ0v) is 16.4. The average Bonchev–Trinajstić information content (AvgIpc) is 3.07. The van der Waals surface area contributed by atoms with E-state index in [9.17, 15) is 14.9 Å². The van der Waals surface area contributed by atoms with Gasteiger partial charge in [-0.1, -0.05) is 29.5 Å². The van der Waals surface area contributed by atoms with E-state index in [2.05, 4.69) is 10.4 Å². The van der Waals surface area contributed by atoms with Crippen LogP contribution in [0.3, 0.4) is 0 Å². The maximum atomic E-state index is 12.3. The second-order valence-corrected chi connectivity index (χ2v) is 7.61. The van der Waals surface area contributed by atoms with E-state index >= 15 is 0 Å². The fourth-order valence-electron chi connectivity index (χ4n) is 2.59. The molecule has 1 N–H and O–H groups in total. The molecule has 3 aromatic rings. The molecule has 3 rings (SSSR count). The van der Waals surface area contributed by atoms with E-state index in [0.717, 1.165) is 16.0 Å². The second-order valence-electron chi connectivity index (χ2n) is 6.47. The van der Waals surface area contributed by atoms with E-state index in [0.29, 0.717) is 17.1 Å². The number of aryl methyl sites for hydroxylation is 3. The van der Waals surface area contributed by atoms with Gasteiger partial charge in [0.05, 0.1) is 11.1 Å². The first-order valence-corrected chi connectivity index (χ1v) is 9.53. The Bertz CT molecular complexity index is 999. The summed E-state index contributed by atoms with van der Waals surface area (Å²) in [7, 11) is 0. The standard InChI is InChI=1S/C20H20N4O3S/c1-14-3-5-18(6-4-14)28-19-10-16(9-17(11-19)24(26)27)22-20(25)7-8-23-13-15(2)12-21-23/h3-6,9-13H,7-8H2,1-2H3,(H,22,25). The number of carbonyl (C=O) groups excluding carboxylic acids is 1. The van der Waals surface area contributed by atoms with Gasteiger partial charge in [-0.25, -0.2) is 0 Å². The number of nitro benzene ring substituents is 1. The van der Waals surface area contributed by atoms with Gasteiger partial charge in [-0.15, -0.1) is 0 Å². The van der Waals surface area contributed by atoms with E-state index in [1.807, 2.05) is 44.3 Å². The molecule has 8 heteroatoms. The lowest BCUT2D eigenvalue weighted by Gasteiger charge is -2.08. The highest BCUT2D eigenvalue weighted by Crippen LogP contribution is 2.33. The molecule has 1 amide bonds. The number of rotatable bonds is 7. The van der Waals surface area contributed by atoms with Crippen molar-refractivity contribution in [3.8, 4) is 0 Å². The summed E-state index contributed by atoms with van der Waals surface area (Å²) in [6.45, 7) is 4.37. The lowest BCUT2D eigenvalue weighted by molar-refractivity contribution is -0.385. The van der Waals surface area contributed by atoms with Crippen LogP contribution in [0.15, 0.2) is 64.6 Å². The van der Waals surface area contributed by atoms with Crippen molar-refractivity contribution in [3.05, 3.63) is 76.1 Å². The van der Waals surface area contributed by atoms with Gasteiger partial charge in [-0.3, -0.25) is 19.6 Å². The molecular weight excluding hydrogens is 376 g/mol. The van der Waals surface area contributed by atoms with Crippen LogP contribution in [0.4, 0.5) is 11.4 Å². The maximum absolute atomic E-state index is 12.3. The van der Waals surface area contributed by atoms with Gasteiger partial charge in [0.1, 0.15) is 0 Å². The van der Waals surface area contributed by atoms with Gasteiger partial charge < -0.3 is 5.32 Å². The van der Waals surface area contributed by atoms with Crippen molar-refractivity contribution in [1.82, 2.24) is 9.78 Å². The van der Waals surface area contributed by atoms with Crippen molar-refractivity contribution >= 4 is 29.0 Å². The summed E-state index contributed by atoms with van der Waals surface area (Å²) in [4.78, 5) is 24.7. The summed E-state index contributed by atoms with van der Waals surface area (Å²) >= 11 is 1.41. The van der Waals surface area contributed by atoms with E-state index in [4.69, 9.17) is 0 Å². The molecule has 2 aromatic carbocycles. The molecule has 0 bridgehead atoms. The largest absolute Gasteiger partial charge is 0.326 e. The Hall–Kier alpha value is -3.13. The number of benzene rings is 2. The van der Waals surface area contributed by atoms with Crippen LogP contribution in [-0.2, 0) is 11.3 Å². The third-order valence-corrected chi connectivity index (χ3v) is 4.95. The molecule has 0 saturated carbocycles. The molecular formula is C20H20N4O3S. The number of nitro groups is 1. The molecule has 7 nitrogen and oxygen atoms in total. The van der Waals surface area contributed by atoms with Crippen LogP contribution < -0.4 is 5.32 Å². The molecule has 0 spiro atoms. The van der Waals surface area contributed by atoms with Crippen LogP contribution >= 0.6 is 11.8 Å². The van der Waals surface area contributed by atoms with Crippen molar-refractivity contribution in [3.63, 3.8) is 0 Å². The molecule has 0 aliphatic carbocycles. The molecule has 0 fully saturated rings. The Balaban J connectivity index is 1.72. The normalized spacial score (nSPS) is 10.6. The lowest BCUT2D eigenvalue weighted by Crippen LogP contribution is -2.14. The fourth-order valence-corrected chi connectivity index (χ4v) is 3.50. The number of anilines is 1. The van der Waals surface area contributed by atoms with Gasteiger partial charge in [-0.2, -0.15) is 5.10 Å². The van der Waals surface area contributed by atoms with Crippen LogP contribution in [0.25, 0.3) is 0 Å². The summed E-state index contributed by atoms with van der Waals surface area (Å²) in [6, 6.07) is 12.5. The minimum absolute atomic E-state index is 0.0601. The molecule has 28 heavy (non-hydrogen) atoms. The number of hydrogen-bond acceptors (Lipinski definition) is 5. The monoisotopic (exact) mass is 396 g/mol. The van der Waals surface area contributed by atoms with E-state index in [1.165, 1.54) is 23.9 Å². The Morgan fingerprint density at radius 1 is 1.14 bits per heavy atom. The summed E-state index contributed by atoms with van der Waals surface area (Å²) in [5.41, 5.74) is 2.51. The molecule has 0 saturated heterocycles. The van der Waals surface area contributed by atoms with Crippen molar-refractivity contribution in [1.29, 1.82) is 0 Å². The Labute approximate surface area is 166 Å². The van der Waals surface area contributed by atoms with Crippen molar-refractivity contribution in [2.75, 3.05) is 5.32 Å².